The highest BCUT2D eigenvalue weighted by Crippen LogP contribution is 2.20. The number of nitrogen functional groups attached to an aromatic ring is 1. The summed E-state index contributed by atoms with van der Waals surface area (Å²) >= 11 is 5.83. The zero-order valence-corrected chi connectivity index (χ0v) is 9.54. The van der Waals surface area contributed by atoms with E-state index in [1.54, 1.807) is 17.0 Å². The van der Waals surface area contributed by atoms with Gasteiger partial charge in [-0.25, -0.2) is 0 Å². The number of hydrogen-bond donors (Lipinski definition) is 1. The van der Waals surface area contributed by atoms with Gasteiger partial charge in [0.25, 0.3) is 0 Å². The number of halogens is 1. The lowest BCUT2D eigenvalue weighted by Gasteiger charge is -2.26. The first-order valence-corrected chi connectivity index (χ1v) is 5.44. The van der Waals surface area contributed by atoms with Crippen LogP contribution in [-0.4, -0.2) is 30.6 Å². The Morgan fingerprint density at radius 2 is 2.31 bits per heavy atom. The van der Waals surface area contributed by atoms with Crippen LogP contribution in [0.3, 0.4) is 0 Å². The van der Waals surface area contributed by atoms with Gasteiger partial charge in [-0.2, -0.15) is 0 Å². The summed E-state index contributed by atoms with van der Waals surface area (Å²) in [4.78, 5) is 13.3. The Morgan fingerprint density at radius 3 is 3.00 bits per heavy atom. The van der Waals surface area contributed by atoms with E-state index in [2.05, 4.69) is 0 Å². The summed E-state index contributed by atoms with van der Waals surface area (Å²) < 4.78 is 5.06. The maximum absolute atomic E-state index is 11.5. The van der Waals surface area contributed by atoms with E-state index in [1.165, 1.54) is 0 Å². The van der Waals surface area contributed by atoms with Crippen molar-refractivity contribution in [3.05, 3.63) is 28.8 Å². The molecule has 2 N–H and O–H groups in total. The van der Waals surface area contributed by atoms with E-state index in [4.69, 9.17) is 22.1 Å². The van der Waals surface area contributed by atoms with Crippen molar-refractivity contribution in [2.75, 3.05) is 25.5 Å². The second kappa shape index (κ2) is 4.72. The van der Waals surface area contributed by atoms with Crippen LogP contribution >= 0.6 is 11.6 Å². The summed E-state index contributed by atoms with van der Waals surface area (Å²) in [5, 5.41) is 0.539. The van der Waals surface area contributed by atoms with Gasteiger partial charge in [-0.1, -0.05) is 17.7 Å². The SMILES string of the molecule is Nc1cc(CN2CCOCC2=O)ccc1Cl. The predicted octanol–water partition coefficient (Wildman–Crippen LogP) is 1.28. The molecule has 2 rings (SSSR count). The molecule has 1 amide bonds. The Balaban J connectivity index is 2.08. The third-order valence-electron chi connectivity index (χ3n) is 2.52. The molecular formula is C11H13ClN2O2. The molecule has 0 bridgehead atoms. The van der Waals surface area contributed by atoms with Gasteiger partial charge in [0.1, 0.15) is 6.61 Å². The molecule has 0 radical (unpaired) electrons. The molecule has 0 atom stereocenters. The molecule has 86 valence electrons. The molecule has 1 aromatic rings. The van der Waals surface area contributed by atoms with Gasteiger partial charge in [-0.05, 0) is 17.7 Å². The molecule has 0 spiro atoms. The molecule has 1 heterocycles. The van der Waals surface area contributed by atoms with E-state index in [0.29, 0.717) is 30.4 Å². The summed E-state index contributed by atoms with van der Waals surface area (Å²) in [5.41, 5.74) is 7.23. The van der Waals surface area contributed by atoms with Crippen molar-refractivity contribution < 1.29 is 9.53 Å². The van der Waals surface area contributed by atoms with Crippen molar-refractivity contribution >= 4 is 23.2 Å². The number of nitrogens with zero attached hydrogens (tertiary/aromatic N) is 1. The third-order valence-corrected chi connectivity index (χ3v) is 2.86. The van der Waals surface area contributed by atoms with Gasteiger partial charge in [-0.15, -0.1) is 0 Å². The highest BCUT2D eigenvalue weighted by Gasteiger charge is 2.18. The van der Waals surface area contributed by atoms with E-state index in [9.17, 15) is 4.79 Å². The maximum atomic E-state index is 11.5. The minimum Gasteiger partial charge on any atom is -0.398 e. The van der Waals surface area contributed by atoms with Crippen LogP contribution in [0.4, 0.5) is 5.69 Å². The van der Waals surface area contributed by atoms with Crippen molar-refractivity contribution in [3.8, 4) is 0 Å². The largest absolute Gasteiger partial charge is 0.398 e. The minimum absolute atomic E-state index is 0.0137. The van der Waals surface area contributed by atoms with Crippen molar-refractivity contribution in [3.63, 3.8) is 0 Å². The van der Waals surface area contributed by atoms with E-state index in [1.807, 2.05) is 6.07 Å². The number of rotatable bonds is 2. The summed E-state index contributed by atoms with van der Waals surface area (Å²) in [6, 6.07) is 5.42. The van der Waals surface area contributed by atoms with Gasteiger partial charge in [0.2, 0.25) is 5.91 Å². The molecule has 1 aliphatic rings. The quantitative estimate of drug-likeness (QED) is 0.793. The van der Waals surface area contributed by atoms with Gasteiger partial charge in [0.05, 0.1) is 17.3 Å². The van der Waals surface area contributed by atoms with E-state index in [-0.39, 0.29) is 12.5 Å². The van der Waals surface area contributed by atoms with Crippen molar-refractivity contribution in [2.45, 2.75) is 6.54 Å². The summed E-state index contributed by atoms with van der Waals surface area (Å²) in [6.45, 7) is 1.95. The number of ether oxygens (including phenoxy) is 1. The normalized spacial score (nSPS) is 16.6. The van der Waals surface area contributed by atoms with Crippen LogP contribution in [0, 0.1) is 0 Å². The molecule has 1 saturated heterocycles. The van der Waals surface area contributed by atoms with Crippen LogP contribution in [0.25, 0.3) is 0 Å². The zero-order valence-electron chi connectivity index (χ0n) is 8.78. The molecule has 0 unspecified atom stereocenters. The fourth-order valence-electron chi connectivity index (χ4n) is 1.63. The molecule has 1 fully saturated rings. The molecule has 16 heavy (non-hydrogen) atoms. The summed E-state index contributed by atoms with van der Waals surface area (Å²) in [7, 11) is 0. The first-order chi connectivity index (χ1) is 7.66. The summed E-state index contributed by atoms with van der Waals surface area (Å²) in [6.07, 6.45) is 0. The Bertz CT molecular complexity index is 409. The second-order valence-corrected chi connectivity index (χ2v) is 4.13. The smallest absolute Gasteiger partial charge is 0.248 e. The number of carbonyl (C=O) groups excluding carboxylic acids is 1. The van der Waals surface area contributed by atoms with Crippen LogP contribution in [0.15, 0.2) is 18.2 Å². The Labute approximate surface area is 98.9 Å². The van der Waals surface area contributed by atoms with Crippen LogP contribution in [0.1, 0.15) is 5.56 Å². The monoisotopic (exact) mass is 240 g/mol. The molecule has 0 saturated carbocycles. The number of hydrogen-bond acceptors (Lipinski definition) is 3. The van der Waals surface area contributed by atoms with Crippen molar-refractivity contribution in [1.82, 2.24) is 4.90 Å². The Morgan fingerprint density at radius 1 is 1.50 bits per heavy atom. The Kier molecular flexibility index (Phi) is 3.31. The average molecular weight is 241 g/mol. The van der Waals surface area contributed by atoms with Gasteiger partial charge < -0.3 is 15.4 Å². The highest BCUT2D eigenvalue weighted by molar-refractivity contribution is 6.33. The number of morpholine rings is 1. The first kappa shape index (κ1) is 11.2. The molecule has 0 aliphatic carbocycles. The molecule has 1 aromatic carbocycles. The molecular weight excluding hydrogens is 228 g/mol. The van der Waals surface area contributed by atoms with Crippen LogP contribution in [0.5, 0.6) is 0 Å². The number of carbonyl (C=O) groups is 1. The molecule has 5 heteroatoms. The minimum atomic E-state index is 0.0137. The van der Waals surface area contributed by atoms with Gasteiger partial charge in [0, 0.05) is 13.1 Å². The standard InChI is InChI=1S/C11H13ClN2O2/c12-9-2-1-8(5-10(9)13)6-14-3-4-16-7-11(14)15/h1-2,5H,3-4,6-7,13H2. The van der Waals surface area contributed by atoms with Crippen LogP contribution in [-0.2, 0) is 16.1 Å². The number of amides is 1. The second-order valence-electron chi connectivity index (χ2n) is 3.72. The highest BCUT2D eigenvalue weighted by atomic mass is 35.5. The van der Waals surface area contributed by atoms with Gasteiger partial charge >= 0.3 is 0 Å². The topological polar surface area (TPSA) is 55.6 Å². The molecule has 1 aliphatic heterocycles. The maximum Gasteiger partial charge on any atom is 0.248 e. The van der Waals surface area contributed by atoms with E-state index >= 15 is 0 Å². The number of anilines is 1. The number of nitrogens with two attached hydrogens (primary N) is 1. The van der Waals surface area contributed by atoms with Crippen molar-refractivity contribution in [2.24, 2.45) is 0 Å². The van der Waals surface area contributed by atoms with Gasteiger partial charge in [-0.3, -0.25) is 4.79 Å². The molecule has 0 aromatic heterocycles. The third kappa shape index (κ3) is 2.46. The Hall–Kier alpha value is -1.26. The van der Waals surface area contributed by atoms with Crippen LogP contribution < -0.4 is 5.73 Å². The lowest BCUT2D eigenvalue weighted by molar-refractivity contribution is -0.143. The molecule has 4 nitrogen and oxygen atoms in total. The fraction of sp³-hybridized carbons (Fsp3) is 0.364. The summed E-state index contributed by atoms with van der Waals surface area (Å²) in [5.74, 6) is 0.0137. The lowest BCUT2D eigenvalue weighted by Crippen LogP contribution is -2.40. The first-order valence-electron chi connectivity index (χ1n) is 5.06. The van der Waals surface area contributed by atoms with E-state index < -0.39 is 0 Å². The van der Waals surface area contributed by atoms with Crippen LogP contribution in [0.2, 0.25) is 5.02 Å². The van der Waals surface area contributed by atoms with Crippen molar-refractivity contribution in [1.29, 1.82) is 0 Å². The van der Waals surface area contributed by atoms with Gasteiger partial charge in [0.15, 0.2) is 0 Å². The number of benzene rings is 1. The lowest BCUT2D eigenvalue weighted by atomic mass is 10.2. The zero-order chi connectivity index (χ0) is 11.5. The fourth-order valence-corrected chi connectivity index (χ4v) is 1.75. The average Bonchev–Trinajstić information content (AvgIpc) is 2.27. The predicted molar refractivity (Wildman–Crippen MR) is 62.1 cm³/mol. The van der Waals surface area contributed by atoms with E-state index in [0.717, 1.165) is 5.56 Å².